The maximum absolute atomic E-state index is 11.8. The molecular weight excluding hydrogens is 204 g/mol. The fraction of sp³-hybridized carbons (Fsp3) is 0.800. The van der Waals surface area contributed by atoms with Gasteiger partial charge in [-0.25, -0.2) is 4.79 Å². The molecule has 0 aliphatic carbocycles. The predicted octanol–water partition coefficient (Wildman–Crippen LogP) is -2.51. The van der Waals surface area contributed by atoms with Crippen molar-refractivity contribution < 1.29 is 63.5 Å². The number of rotatable bonds is 1. The summed E-state index contributed by atoms with van der Waals surface area (Å²) in [7, 11) is 0. The van der Waals surface area contributed by atoms with Gasteiger partial charge in [-0.1, -0.05) is 0 Å². The zero-order valence-electron chi connectivity index (χ0n) is 7.67. The van der Waals surface area contributed by atoms with Crippen molar-refractivity contribution in [2.45, 2.75) is 18.6 Å². The summed E-state index contributed by atoms with van der Waals surface area (Å²) in [5, 5.41) is 8.22. The Labute approximate surface area is 94.8 Å². The first-order valence-electron chi connectivity index (χ1n) is 2.98. The summed E-state index contributed by atoms with van der Waals surface area (Å²) in [5.41, 5.74) is 0. The van der Waals surface area contributed by atoms with Gasteiger partial charge in [0.15, 0.2) is 6.10 Å². The van der Waals surface area contributed by atoms with E-state index in [0.29, 0.717) is 0 Å². The molecule has 1 heterocycles. The summed E-state index contributed by atoms with van der Waals surface area (Å²) in [6, 6.07) is 0. The predicted molar refractivity (Wildman–Crippen MR) is 29.4 cm³/mol. The average molecular weight is 210 g/mol. The number of carboxylic acid groups (broad SMARTS) is 1. The van der Waals surface area contributed by atoms with E-state index in [1.807, 2.05) is 0 Å². The monoisotopic (exact) mass is 210 g/mol. The van der Waals surface area contributed by atoms with E-state index >= 15 is 0 Å². The molecule has 1 rings (SSSR count). The van der Waals surface area contributed by atoms with Gasteiger partial charge in [-0.3, -0.25) is 0 Å². The molecular formula is C5H6F3NaO4. The van der Waals surface area contributed by atoms with Crippen molar-refractivity contribution in [1.29, 1.82) is 0 Å². The van der Waals surface area contributed by atoms with Gasteiger partial charge in [-0.15, -0.1) is 0 Å². The average Bonchev–Trinajstić information content (AvgIpc) is 2.30. The third-order valence-electron chi connectivity index (χ3n) is 1.23. The Morgan fingerprint density at radius 2 is 2.08 bits per heavy atom. The minimum Gasteiger partial charge on any atom is -1.00 e. The van der Waals surface area contributed by atoms with Crippen LogP contribution < -0.4 is 29.6 Å². The van der Waals surface area contributed by atoms with E-state index in [4.69, 9.17) is 5.11 Å². The Morgan fingerprint density at radius 1 is 1.54 bits per heavy atom. The summed E-state index contributed by atoms with van der Waals surface area (Å²) >= 11 is 0. The van der Waals surface area contributed by atoms with Crippen molar-refractivity contribution in [3.05, 3.63) is 0 Å². The third-order valence-corrected chi connectivity index (χ3v) is 1.23. The molecule has 1 fully saturated rings. The van der Waals surface area contributed by atoms with Crippen molar-refractivity contribution in [2.75, 3.05) is 6.61 Å². The van der Waals surface area contributed by atoms with Gasteiger partial charge in [0, 0.05) is 0 Å². The standard InChI is InChI=1S/C5H5F3O4.Na.H/c6-5(7,8)4-11-1-2(12-4)3(9)10;;/h2,4H,1H2,(H,9,10);;/q;+1;-1. The van der Waals surface area contributed by atoms with Crippen LogP contribution in [-0.4, -0.2) is 36.3 Å². The summed E-state index contributed by atoms with van der Waals surface area (Å²) < 4.78 is 43.4. The number of hydrogen-bond donors (Lipinski definition) is 1. The van der Waals surface area contributed by atoms with Crippen molar-refractivity contribution >= 4 is 5.97 Å². The van der Waals surface area contributed by atoms with Gasteiger partial charge < -0.3 is 16.0 Å². The van der Waals surface area contributed by atoms with Crippen LogP contribution in [0.2, 0.25) is 0 Å². The van der Waals surface area contributed by atoms with Crippen LogP contribution >= 0.6 is 0 Å². The topological polar surface area (TPSA) is 55.8 Å². The van der Waals surface area contributed by atoms with Crippen LogP contribution in [0.3, 0.4) is 0 Å². The molecule has 0 aromatic carbocycles. The first-order chi connectivity index (χ1) is 5.41. The maximum Gasteiger partial charge on any atom is 1.00 e. The van der Waals surface area contributed by atoms with Gasteiger partial charge in [-0.05, 0) is 0 Å². The van der Waals surface area contributed by atoms with Gasteiger partial charge in [-0.2, -0.15) is 13.2 Å². The molecule has 1 aliphatic heterocycles. The van der Waals surface area contributed by atoms with Crippen molar-refractivity contribution in [2.24, 2.45) is 0 Å². The van der Waals surface area contributed by atoms with Crippen LogP contribution in [0.25, 0.3) is 0 Å². The van der Waals surface area contributed by atoms with Gasteiger partial charge in [0.05, 0.1) is 6.61 Å². The fourth-order valence-corrected chi connectivity index (χ4v) is 0.704. The zero-order chi connectivity index (χ0) is 9.35. The Morgan fingerprint density at radius 3 is 2.31 bits per heavy atom. The van der Waals surface area contributed by atoms with Crippen molar-refractivity contribution in [3.8, 4) is 0 Å². The number of ether oxygens (including phenoxy) is 2. The first kappa shape index (κ1) is 13.2. The summed E-state index contributed by atoms with van der Waals surface area (Å²) in [6.45, 7) is -0.570. The van der Waals surface area contributed by atoms with Crippen molar-refractivity contribution in [1.82, 2.24) is 0 Å². The van der Waals surface area contributed by atoms with E-state index < -0.39 is 31.1 Å². The molecule has 13 heavy (non-hydrogen) atoms. The number of halogens is 3. The molecule has 0 aromatic heterocycles. The van der Waals surface area contributed by atoms with E-state index in [2.05, 4.69) is 9.47 Å². The van der Waals surface area contributed by atoms with E-state index in [1.165, 1.54) is 0 Å². The van der Waals surface area contributed by atoms with Crippen LogP contribution in [0.5, 0.6) is 0 Å². The minimum absolute atomic E-state index is 0. The van der Waals surface area contributed by atoms with Crippen LogP contribution in [-0.2, 0) is 14.3 Å². The summed E-state index contributed by atoms with van der Waals surface area (Å²) in [5.74, 6) is -1.46. The molecule has 72 valence electrons. The first-order valence-corrected chi connectivity index (χ1v) is 2.98. The normalized spacial score (nSPS) is 28.2. The molecule has 1 saturated heterocycles. The minimum atomic E-state index is -4.66. The maximum atomic E-state index is 11.8. The number of carbonyl (C=O) groups is 1. The van der Waals surface area contributed by atoms with Crippen LogP contribution in [0.15, 0.2) is 0 Å². The molecule has 1 aliphatic rings. The number of alkyl halides is 3. The van der Waals surface area contributed by atoms with Crippen LogP contribution in [0.4, 0.5) is 13.2 Å². The Bertz CT molecular complexity index is 200. The van der Waals surface area contributed by atoms with Gasteiger partial charge in [0.2, 0.25) is 0 Å². The second-order valence-corrected chi connectivity index (χ2v) is 2.17. The second-order valence-electron chi connectivity index (χ2n) is 2.17. The van der Waals surface area contributed by atoms with E-state index in [0.717, 1.165) is 0 Å². The Hall–Kier alpha value is 0.180. The van der Waals surface area contributed by atoms with Gasteiger partial charge in [0.1, 0.15) is 0 Å². The van der Waals surface area contributed by atoms with Crippen LogP contribution in [0.1, 0.15) is 1.43 Å². The molecule has 0 amide bonds. The fourth-order valence-electron chi connectivity index (χ4n) is 0.704. The molecule has 0 saturated carbocycles. The number of aliphatic carboxylic acids is 1. The van der Waals surface area contributed by atoms with Gasteiger partial charge in [0.25, 0.3) is 6.29 Å². The SMILES string of the molecule is O=C(O)C1COC(C(F)(F)F)O1.[H-].[Na+]. The molecule has 0 radical (unpaired) electrons. The Kier molecular flexibility index (Phi) is 4.67. The molecule has 2 unspecified atom stereocenters. The number of carboxylic acids is 1. The largest absolute Gasteiger partial charge is 1.00 e. The molecule has 8 heteroatoms. The van der Waals surface area contributed by atoms with Gasteiger partial charge >= 0.3 is 41.7 Å². The van der Waals surface area contributed by atoms with E-state index in [1.54, 1.807) is 0 Å². The molecule has 1 N–H and O–H groups in total. The third kappa shape index (κ3) is 3.43. The summed E-state index contributed by atoms with van der Waals surface area (Å²) in [6.07, 6.45) is -8.58. The molecule has 0 spiro atoms. The molecule has 0 bridgehead atoms. The number of hydrogen-bond acceptors (Lipinski definition) is 3. The zero-order valence-corrected chi connectivity index (χ0v) is 8.67. The molecule has 2 atom stereocenters. The van der Waals surface area contributed by atoms with E-state index in [9.17, 15) is 18.0 Å². The second kappa shape index (κ2) is 4.61. The summed E-state index contributed by atoms with van der Waals surface area (Å²) in [4.78, 5) is 10.1. The quantitative estimate of drug-likeness (QED) is 0.486. The van der Waals surface area contributed by atoms with Crippen molar-refractivity contribution in [3.63, 3.8) is 0 Å². The van der Waals surface area contributed by atoms with E-state index in [-0.39, 0.29) is 31.0 Å². The molecule has 0 aromatic rings. The molecule has 4 nitrogen and oxygen atoms in total. The smallest absolute Gasteiger partial charge is 1.00 e. The van der Waals surface area contributed by atoms with Crippen LogP contribution in [0, 0.1) is 0 Å². The Balaban J connectivity index is 0.